The number of hydrogen-bond acceptors (Lipinski definition) is 8. The first-order valence-electron chi connectivity index (χ1n) is 10.2. The van der Waals surface area contributed by atoms with Crippen molar-refractivity contribution in [1.82, 2.24) is 15.2 Å². The highest BCUT2D eigenvalue weighted by Gasteiger charge is 2.48. The Bertz CT molecular complexity index is 874. The molecule has 1 aliphatic heterocycles. The van der Waals surface area contributed by atoms with Gasteiger partial charge in [-0.3, -0.25) is 14.7 Å². The molecule has 1 aromatic carbocycles. The number of ether oxygens (including phenoxy) is 1. The maximum Gasteiger partial charge on any atom is 0.330 e. The van der Waals surface area contributed by atoms with E-state index in [2.05, 4.69) is 31.9 Å². The Kier molecular flexibility index (Phi) is 8.13. The first kappa shape index (κ1) is 22.9. The van der Waals surface area contributed by atoms with Crippen molar-refractivity contribution in [3.8, 4) is 0 Å². The second-order valence-electron chi connectivity index (χ2n) is 7.39. The van der Waals surface area contributed by atoms with E-state index in [9.17, 15) is 14.5 Å². The van der Waals surface area contributed by atoms with Crippen LogP contribution in [0.2, 0.25) is 0 Å². The van der Waals surface area contributed by atoms with Crippen LogP contribution >= 0.6 is 11.9 Å². The van der Waals surface area contributed by atoms with Gasteiger partial charge >= 0.3 is 5.97 Å². The Morgan fingerprint density at radius 1 is 1.23 bits per heavy atom. The Morgan fingerprint density at radius 3 is 2.58 bits per heavy atom. The number of aromatic nitrogens is 1. The molecule has 1 aliphatic rings. The number of benzene rings is 1. The average Bonchev–Trinajstić information content (AvgIpc) is 2.80. The Labute approximate surface area is 185 Å². The molecular weight excluding hydrogens is 416 g/mol. The van der Waals surface area contributed by atoms with Crippen LogP contribution in [-0.4, -0.2) is 52.2 Å². The third-order valence-electron chi connectivity index (χ3n) is 5.42. The number of nitroso groups, excluding NO2 is 1. The standard InChI is InChI=1S/C22H26N4O4S/c1-2-30-21(28)19(24-20(27)18-9-6-12-23-15-18)22(31-25-29)10-13-26(14-11-22)16-17-7-4-3-5-8-17/h3-9,12,15,19H,2,10-11,13-14,16H2,1H3,(H,24,27). The summed E-state index contributed by atoms with van der Waals surface area (Å²) < 4.78 is 7.43. The van der Waals surface area contributed by atoms with Gasteiger partial charge in [-0.25, -0.2) is 4.79 Å². The first-order chi connectivity index (χ1) is 15.1. The van der Waals surface area contributed by atoms with Gasteiger partial charge in [0.2, 0.25) is 0 Å². The van der Waals surface area contributed by atoms with Crippen molar-refractivity contribution in [3.63, 3.8) is 0 Å². The monoisotopic (exact) mass is 442 g/mol. The molecule has 164 valence electrons. The molecule has 2 heterocycles. The van der Waals surface area contributed by atoms with Crippen molar-refractivity contribution in [2.24, 2.45) is 4.58 Å². The zero-order valence-corrected chi connectivity index (χ0v) is 18.2. The SMILES string of the molecule is CCOC(=O)C(NC(=O)c1cccnc1)C1(SN=O)CCN(Cc2ccccc2)CC1. The third-order valence-corrected chi connectivity index (χ3v) is 6.50. The molecule has 0 aliphatic carbocycles. The van der Waals surface area contributed by atoms with Gasteiger partial charge in [0.25, 0.3) is 5.91 Å². The van der Waals surface area contributed by atoms with Gasteiger partial charge in [-0.1, -0.05) is 30.3 Å². The van der Waals surface area contributed by atoms with Gasteiger partial charge in [0, 0.05) is 35.5 Å². The predicted octanol–water partition coefficient (Wildman–Crippen LogP) is 3.19. The number of rotatable bonds is 9. The van der Waals surface area contributed by atoms with Gasteiger partial charge in [-0.15, -0.1) is 4.91 Å². The second-order valence-corrected chi connectivity index (χ2v) is 8.54. The van der Waals surface area contributed by atoms with E-state index in [0.29, 0.717) is 31.5 Å². The average molecular weight is 443 g/mol. The largest absolute Gasteiger partial charge is 0.464 e. The Morgan fingerprint density at radius 2 is 1.97 bits per heavy atom. The summed E-state index contributed by atoms with van der Waals surface area (Å²) in [6, 6.07) is 12.4. The molecule has 1 fully saturated rings. The third kappa shape index (κ3) is 5.89. The van der Waals surface area contributed by atoms with Crippen LogP contribution in [0.15, 0.2) is 59.4 Å². The number of esters is 1. The van der Waals surface area contributed by atoms with E-state index >= 15 is 0 Å². The van der Waals surface area contributed by atoms with Crippen LogP contribution in [0, 0.1) is 4.91 Å². The van der Waals surface area contributed by atoms with Gasteiger partial charge < -0.3 is 10.1 Å². The van der Waals surface area contributed by atoms with Gasteiger partial charge in [-0.05, 0) is 50.6 Å². The molecule has 1 aromatic heterocycles. The van der Waals surface area contributed by atoms with Gasteiger partial charge in [0.1, 0.15) is 6.04 Å². The summed E-state index contributed by atoms with van der Waals surface area (Å²) in [5, 5.41) is 2.79. The zero-order valence-electron chi connectivity index (χ0n) is 17.4. The molecule has 1 atom stereocenters. The summed E-state index contributed by atoms with van der Waals surface area (Å²) in [6.07, 6.45) is 4.01. The number of pyridine rings is 1. The van der Waals surface area contributed by atoms with Gasteiger partial charge in [0.15, 0.2) is 0 Å². The fourth-order valence-corrected chi connectivity index (χ4v) is 4.55. The lowest BCUT2D eigenvalue weighted by atomic mass is 9.87. The van der Waals surface area contributed by atoms with Crippen molar-refractivity contribution in [3.05, 3.63) is 70.9 Å². The molecule has 31 heavy (non-hydrogen) atoms. The number of nitrogens with one attached hydrogen (secondary N) is 1. The van der Waals surface area contributed by atoms with Crippen LogP contribution in [0.1, 0.15) is 35.7 Å². The lowest BCUT2D eigenvalue weighted by Crippen LogP contribution is -2.59. The van der Waals surface area contributed by atoms with E-state index in [1.54, 1.807) is 25.3 Å². The molecule has 1 amide bonds. The molecule has 2 aromatic rings. The molecular formula is C22H26N4O4S. The van der Waals surface area contributed by atoms with E-state index in [4.69, 9.17) is 4.74 Å². The zero-order chi connectivity index (χ0) is 22.1. The lowest BCUT2D eigenvalue weighted by Gasteiger charge is -2.43. The molecule has 1 unspecified atom stereocenters. The Hall–Kier alpha value is -2.78. The molecule has 0 bridgehead atoms. The lowest BCUT2D eigenvalue weighted by molar-refractivity contribution is -0.146. The molecule has 0 spiro atoms. The van der Waals surface area contributed by atoms with Crippen molar-refractivity contribution in [1.29, 1.82) is 0 Å². The maximum atomic E-state index is 12.8. The highest BCUT2D eigenvalue weighted by atomic mass is 32.2. The van der Waals surface area contributed by atoms with Crippen molar-refractivity contribution in [2.45, 2.75) is 37.1 Å². The van der Waals surface area contributed by atoms with E-state index in [1.807, 2.05) is 18.2 Å². The molecule has 9 heteroatoms. The number of hydrogen-bond donors (Lipinski definition) is 1. The first-order valence-corrected chi connectivity index (χ1v) is 11.0. The molecule has 0 saturated carbocycles. The van der Waals surface area contributed by atoms with Crippen molar-refractivity contribution >= 4 is 23.8 Å². The van der Waals surface area contributed by atoms with E-state index < -0.39 is 22.7 Å². The second kappa shape index (κ2) is 11.0. The topological polar surface area (TPSA) is 101 Å². The highest BCUT2D eigenvalue weighted by molar-refractivity contribution is 7.99. The molecule has 8 nitrogen and oxygen atoms in total. The number of likely N-dealkylation sites (tertiary alicyclic amines) is 1. The minimum absolute atomic E-state index is 0.174. The fraction of sp³-hybridized carbons (Fsp3) is 0.409. The van der Waals surface area contributed by atoms with Gasteiger partial charge in [0.05, 0.1) is 16.9 Å². The molecule has 1 saturated heterocycles. The number of nitrogens with zero attached hydrogens (tertiary/aromatic N) is 3. The van der Waals surface area contributed by atoms with E-state index in [-0.39, 0.29) is 6.61 Å². The summed E-state index contributed by atoms with van der Waals surface area (Å²) in [6.45, 7) is 3.99. The molecule has 1 N–H and O–H groups in total. The highest BCUT2D eigenvalue weighted by Crippen LogP contribution is 2.41. The van der Waals surface area contributed by atoms with Crippen molar-refractivity contribution in [2.75, 3.05) is 19.7 Å². The van der Waals surface area contributed by atoms with Crippen molar-refractivity contribution < 1.29 is 14.3 Å². The van der Waals surface area contributed by atoms with Gasteiger partial charge in [-0.2, -0.15) is 0 Å². The van der Waals surface area contributed by atoms with Crippen LogP contribution < -0.4 is 5.32 Å². The van der Waals surface area contributed by atoms with Crippen LogP contribution in [0.4, 0.5) is 0 Å². The number of amides is 1. The van der Waals surface area contributed by atoms with Crippen LogP contribution in [0.5, 0.6) is 0 Å². The smallest absolute Gasteiger partial charge is 0.330 e. The maximum absolute atomic E-state index is 12.8. The molecule has 0 radical (unpaired) electrons. The predicted molar refractivity (Wildman–Crippen MR) is 119 cm³/mol. The minimum atomic E-state index is -0.998. The van der Waals surface area contributed by atoms with E-state index in [0.717, 1.165) is 18.5 Å². The normalized spacial score (nSPS) is 16.8. The fourth-order valence-electron chi connectivity index (χ4n) is 3.78. The quantitative estimate of drug-likeness (QED) is 0.361. The van der Waals surface area contributed by atoms with Crippen LogP contribution in [0.3, 0.4) is 0 Å². The summed E-state index contributed by atoms with van der Waals surface area (Å²) in [5.74, 6) is -1.00. The molecule has 3 rings (SSSR count). The number of carbonyl (C=O) groups is 2. The summed E-state index contributed by atoms with van der Waals surface area (Å²) in [5.41, 5.74) is 1.53. The van der Waals surface area contributed by atoms with Crippen LogP contribution in [-0.2, 0) is 16.1 Å². The number of piperidine rings is 1. The summed E-state index contributed by atoms with van der Waals surface area (Å²) in [7, 11) is 0. The summed E-state index contributed by atoms with van der Waals surface area (Å²) >= 11 is 0.819. The summed E-state index contributed by atoms with van der Waals surface area (Å²) in [4.78, 5) is 43.1. The van der Waals surface area contributed by atoms with Crippen LogP contribution in [0.25, 0.3) is 0 Å². The Balaban J connectivity index is 1.77. The minimum Gasteiger partial charge on any atom is -0.464 e. The number of carbonyl (C=O) groups excluding carboxylic acids is 2. The van der Waals surface area contributed by atoms with E-state index in [1.165, 1.54) is 11.8 Å².